The van der Waals surface area contributed by atoms with E-state index in [2.05, 4.69) is 35.7 Å². The van der Waals surface area contributed by atoms with Crippen molar-refractivity contribution in [3.8, 4) is 0 Å². The highest BCUT2D eigenvalue weighted by Gasteiger charge is 2.15. The number of carbonyl (C=O) groups is 1. The zero-order valence-electron chi connectivity index (χ0n) is 12.5. The maximum atomic E-state index is 11.6. The molecule has 0 fully saturated rings. The number of hydrogen-bond acceptors (Lipinski definition) is 2. The smallest absolute Gasteiger partial charge is 0.407 e. The number of rotatable bonds is 3. The number of nitrogens with one attached hydrogen (secondary N) is 1. The maximum absolute atomic E-state index is 11.6. The number of allylic oxidation sites excluding steroid dienone is 1. The SMILES string of the molecule is CC(C)(C)OC(=O)NCCc1cccc2c1C=CCC2. The number of fused-ring (bicyclic) bond motifs is 1. The average molecular weight is 273 g/mol. The molecule has 1 aliphatic carbocycles. The van der Waals surface area contributed by atoms with Gasteiger partial charge in [-0.25, -0.2) is 4.79 Å². The van der Waals surface area contributed by atoms with E-state index in [1.807, 2.05) is 20.8 Å². The summed E-state index contributed by atoms with van der Waals surface area (Å²) in [5.41, 5.74) is 3.57. The van der Waals surface area contributed by atoms with Gasteiger partial charge in [-0.3, -0.25) is 0 Å². The van der Waals surface area contributed by atoms with Crippen LogP contribution < -0.4 is 5.32 Å². The number of ether oxygens (including phenoxy) is 1. The Kier molecular flexibility index (Phi) is 4.48. The molecule has 1 amide bonds. The summed E-state index contributed by atoms with van der Waals surface area (Å²) in [4.78, 5) is 11.6. The van der Waals surface area contributed by atoms with Gasteiger partial charge in [0.25, 0.3) is 0 Å². The van der Waals surface area contributed by atoms with Crippen LogP contribution in [0, 0.1) is 0 Å². The normalized spacial score (nSPS) is 13.8. The highest BCUT2D eigenvalue weighted by Crippen LogP contribution is 2.23. The Balaban J connectivity index is 1.90. The van der Waals surface area contributed by atoms with Gasteiger partial charge in [-0.05, 0) is 56.7 Å². The lowest BCUT2D eigenvalue weighted by molar-refractivity contribution is 0.0528. The Morgan fingerprint density at radius 3 is 2.90 bits per heavy atom. The lowest BCUT2D eigenvalue weighted by Crippen LogP contribution is -2.33. The van der Waals surface area contributed by atoms with Crippen LogP contribution >= 0.6 is 0 Å². The first kappa shape index (κ1) is 14.6. The van der Waals surface area contributed by atoms with Crippen molar-refractivity contribution in [1.82, 2.24) is 5.32 Å². The summed E-state index contributed by atoms with van der Waals surface area (Å²) in [6, 6.07) is 6.41. The van der Waals surface area contributed by atoms with Crippen LogP contribution in [-0.4, -0.2) is 18.2 Å². The van der Waals surface area contributed by atoms with Crippen LogP contribution in [-0.2, 0) is 17.6 Å². The molecule has 0 saturated carbocycles. The van der Waals surface area contributed by atoms with E-state index >= 15 is 0 Å². The zero-order chi connectivity index (χ0) is 14.6. The molecule has 0 spiro atoms. The Hall–Kier alpha value is -1.77. The average Bonchev–Trinajstić information content (AvgIpc) is 2.37. The molecule has 1 aromatic rings. The van der Waals surface area contributed by atoms with Crippen molar-refractivity contribution in [3.63, 3.8) is 0 Å². The summed E-state index contributed by atoms with van der Waals surface area (Å²) >= 11 is 0. The Labute approximate surface area is 121 Å². The van der Waals surface area contributed by atoms with Gasteiger partial charge < -0.3 is 10.1 Å². The molecule has 0 bridgehead atoms. The van der Waals surface area contributed by atoms with Crippen LogP contribution in [0.4, 0.5) is 4.79 Å². The van der Waals surface area contributed by atoms with Crippen LogP contribution in [0.5, 0.6) is 0 Å². The minimum atomic E-state index is -0.446. The van der Waals surface area contributed by atoms with Crippen molar-refractivity contribution >= 4 is 12.2 Å². The first-order valence-corrected chi connectivity index (χ1v) is 7.20. The van der Waals surface area contributed by atoms with Crippen LogP contribution in [0.3, 0.4) is 0 Å². The molecule has 108 valence electrons. The van der Waals surface area contributed by atoms with Crippen LogP contribution in [0.25, 0.3) is 6.08 Å². The fourth-order valence-corrected chi connectivity index (χ4v) is 2.37. The molecule has 1 aliphatic rings. The van der Waals surface area contributed by atoms with E-state index in [0.717, 1.165) is 19.3 Å². The van der Waals surface area contributed by atoms with Crippen molar-refractivity contribution in [3.05, 3.63) is 41.0 Å². The Bertz CT molecular complexity index is 512. The van der Waals surface area contributed by atoms with Crippen molar-refractivity contribution < 1.29 is 9.53 Å². The van der Waals surface area contributed by atoms with Gasteiger partial charge in [-0.15, -0.1) is 0 Å². The Morgan fingerprint density at radius 2 is 2.15 bits per heavy atom. The molecule has 0 radical (unpaired) electrons. The van der Waals surface area contributed by atoms with E-state index in [4.69, 9.17) is 4.74 Å². The van der Waals surface area contributed by atoms with Gasteiger partial charge in [0.15, 0.2) is 0 Å². The summed E-state index contributed by atoms with van der Waals surface area (Å²) in [6.07, 6.45) is 7.12. The first-order chi connectivity index (χ1) is 9.46. The minimum Gasteiger partial charge on any atom is -0.444 e. The summed E-state index contributed by atoms with van der Waals surface area (Å²) in [5, 5.41) is 2.81. The lowest BCUT2D eigenvalue weighted by Gasteiger charge is -2.20. The van der Waals surface area contributed by atoms with Crippen molar-refractivity contribution in [2.45, 2.75) is 45.6 Å². The third kappa shape index (κ3) is 4.12. The third-order valence-corrected chi connectivity index (χ3v) is 3.21. The zero-order valence-corrected chi connectivity index (χ0v) is 12.5. The number of aryl methyl sites for hydroxylation is 1. The monoisotopic (exact) mass is 273 g/mol. The molecule has 3 heteroatoms. The van der Waals surface area contributed by atoms with E-state index in [1.165, 1.54) is 16.7 Å². The quantitative estimate of drug-likeness (QED) is 0.911. The standard InChI is InChI=1S/C17H23NO2/c1-17(2,3)20-16(19)18-12-11-14-9-6-8-13-7-4-5-10-15(13)14/h5-6,8-10H,4,7,11-12H2,1-3H3,(H,18,19). The van der Waals surface area contributed by atoms with Gasteiger partial charge in [-0.1, -0.05) is 30.4 Å². The topological polar surface area (TPSA) is 38.3 Å². The summed E-state index contributed by atoms with van der Waals surface area (Å²) < 4.78 is 5.22. The van der Waals surface area contributed by atoms with Gasteiger partial charge in [0.1, 0.15) is 5.60 Å². The van der Waals surface area contributed by atoms with Crippen LogP contribution in [0.2, 0.25) is 0 Å². The molecule has 0 heterocycles. The van der Waals surface area contributed by atoms with Crippen molar-refractivity contribution in [2.24, 2.45) is 0 Å². The largest absolute Gasteiger partial charge is 0.444 e. The third-order valence-electron chi connectivity index (χ3n) is 3.21. The number of benzene rings is 1. The summed E-state index contributed by atoms with van der Waals surface area (Å²) in [7, 11) is 0. The van der Waals surface area contributed by atoms with E-state index in [9.17, 15) is 4.79 Å². The summed E-state index contributed by atoms with van der Waals surface area (Å²) in [6.45, 7) is 6.19. The lowest BCUT2D eigenvalue weighted by atomic mass is 9.92. The van der Waals surface area contributed by atoms with Crippen molar-refractivity contribution in [2.75, 3.05) is 6.54 Å². The highest BCUT2D eigenvalue weighted by atomic mass is 16.6. The predicted octanol–water partition coefficient (Wildman–Crippen LogP) is 3.71. The molecule has 20 heavy (non-hydrogen) atoms. The number of carbonyl (C=O) groups excluding carboxylic acids is 1. The second-order valence-electron chi connectivity index (χ2n) is 6.11. The molecule has 0 aromatic heterocycles. The van der Waals surface area contributed by atoms with Gasteiger partial charge in [0, 0.05) is 6.54 Å². The second-order valence-corrected chi connectivity index (χ2v) is 6.11. The van der Waals surface area contributed by atoms with Gasteiger partial charge in [0.05, 0.1) is 0 Å². The molecule has 0 unspecified atom stereocenters. The molecule has 0 aliphatic heterocycles. The molecule has 0 saturated heterocycles. The van der Waals surface area contributed by atoms with Gasteiger partial charge >= 0.3 is 6.09 Å². The predicted molar refractivity (Wildman–Crippen MR) is 81.7 cm³/mol. The first-order valence-electron chi connectivity index (χ1n) is 7.20. The maximum Gasteiger partial charge on any atom is 0.407 e. The van der Waals surface area contributed by atoms with Gasteiger partial charge in [-0.2, -0.15) is 0 Å². The molecule has 0 atom stereocenters. The molecule has 1 N–H and O–H groups in total. The summed E-state index contributed by atoms with van der Waals surface area (Å²) in [5.74, 6) is 0. The number of hydrogen-bond donors (Lipinski definition) is 1. The molecule has 1 aromatic carbocycles. The highest BCUT2D eigenvalue weighted by molar-refractivity contribution is 5.67. The molecular weight excluding hydrogens is 250 g/mol. The molecule has 2 rings (SSSR count). The number of alkyl carbamates (subject to hydrolysis) is 1. The fourth-order valence-electron chi connectivity index (χ4n) is 2.37. The minimum absolute atomic E-state index is 0.349. The van der Waals surface area contributed by atoms with E-state index in [-0.39, 0.29) is 6.09 Å². The molecule has 3 nitrogen and oxygen atoms in total. The van der Waals surface area contributed by atoms with E-state index in [1.54, 1.807) is 0 Å². The fraction of sp³-hybridized carbons (Fsp3) is 0.471. The number of amides is 1. The van der Waals surface area contributed by atoms with E-state index in [0.29, 0.717) is 6.54 Å². The molecular formula is C17H23NO2. The van der Waals surface area contributed by atoms with Gasteiger partial charge in [0.2, 0.25) is 0 Å². The Morgan fingerprint density at radius 1 is 1.35 bits per heavy atom. The van der Waals surface area contributed by atoms with Crippen molar-refractivity contribution in [1.29, 1.82) is 0 Å². The van der Waals surface area contributed by atoms with E-state index < -0.39 is 5.60 Å². The van der Waals surface area contributed by atoms with Crippen LogP contribution in [0.15, 0.2) is 24.3 Å². The second kappa shape index (κ2) is 6.12. The van der Waals surface area contributed by atoms with Crippen LogP contribution in [0.1, 0.15) is 43.9 Å².